The van der Waals surface area contributed by atoms with Crippen molar-refractivity contribution in [1.29, 1.82) is 0 Å². The van der Waals surface area contributed by atoms with Gasteiger partial charge in [-0.3, -0.25) is 14.6 Å². The third kappa shape index (κ3) is 2.11. The number of pyridine rings is 1. The highest BCUT2D eigenvalue weighted by atomic mass is 16.2. The van der Waals surface area contributed by atoms with E-state index in [9.17, 15) is 9.59 Å². The zero-order valence-electron chi connectivity index (χ0n) is 12.6. The minimum absolute atomic E-state index is 0.0189. The Kier molecular flexibility index (Phi) is 3.43. The first kappa shape index (κ1) is 14.0. The van der Waals surface area contributed by atoms with E-state index in [1.165, 1.54) is 0 Å². The first-order chi connectivity index (χ1) is 10.1. The predicted octanol–water partition coefficient (Wildman–Crippen LogP) is 1.41. The summed E-state index contributed by atoms with van der Waals surface area (Å²) < 4.78 is 0. The molecule has 2 aliphatic rings. The van der Waals surface area contributed by atoms with Crippen LogP contribution in [0.3, 0.4) is 0 Å². The lowest BCUT2D eigenvalue weighted by Crippen LogP contribution is -2.40. The molecule has 0 aliphatic carbocycles. The van der Waals surface area contributed by atoms with Crippen molar-refractivity contribution in [2.24, 2.45) is 11.3 Å². The Balaban J connectivity index is 1.81. The first-order valence-corrected chi connectivity index (χ1v) is 7.57. The van der Waals surface area contributed by atoms with Crippen LogP contribution in [0.5, 0.6) is 0 Å². The average molecular weight is 287 g/mol. The highest BCUT2D eigenvalue weighted by molar-refractivity contribution is 5.95. The molecule has 3 rings (SSSR count). The summed E-state index contributed by atoms with van der Waals surface area (Å²) in [5.41, 5.74) is 0.230. The number of carbonyl (C=O) groups is 2. The molecule has 0 unspecified atom stereocenters. The third-order valence-electron chi connectivity index (χ3n) is 5.03. The fourth-order valence-electron chi connectivity index (χ4n) is 3.66. The zero-order valence-corrected chi connectivity index (χ0v) is 12.6. The number of rotatable bonds is 2. The summed E-state index contributed by atoms with van der Waals surface area (Å²) in [6, 6.07) is 3.54. The molecule has 0 N–H and O–H groups in total. The van der Waals surface area contributed by atoms with E-state index >= 15 is 0 Å². The number of aromatic nitrogens is 1. The number of carbonyl (C=O) groups excluding carboxylic acids is 2. The van der Waals surface area contributed by atoms with Gasteiger partial charge in [0.05, 0.1) is 11.0 Å². The molecular weight excluding hydrogens is 266 g/mol. The van der Waals surface area contributed by atoms with Crippen molar-refractivity contribution in [3.8, 4) is 0 Å². The summed E-state index contributed by atoms with van der Waals surface area (Å²) in [5.74, 6) is 0.413. The van der Waals surface area contributed by atoms with Gasteiger partial charge in [-0.05, 0) is 31.4 Å². The van der Waals surface area contributed by atoms with E-state index in [-0.39, 0.29) is 23.1 Å². The summed E-state index contributed by atoms with van der Waals surface area (Å²) in [5, 5.41) is 0. The van der Waals surface area contributed by atoms with Gasteiger partial charge in [0.2, 0.25) is 5.91 Å². The summed E-state index contributed by atoms with van der Waals surface area (Å²) in [6.45, 7) is 6.86. The molecule has 2 atom stereocenters. The topological polar surface area (TPSA) is 53.5 Å². The van der Waals surface area contributed by atoms with Gasteiger partial charge in [-0.1, -0.05) is 6.92 Å². The second-order valence-corrected chi connectivity index (χ2v) is 6.12. The molecule has 2 amide bonds. The molecule has 21 heavy (non-hydrogen) atoms. The van der Waals surface area contributed by atoms with Crippen LogP contribution in [0.1, 0.15) is 30.6 Å². The van der Waals surface area contributed by atoms with Crippen LogP contribution in [0.2, 0.25) is 0 Å². The summed E-state index contributed by atoms with van der Waals surface area (Å²) in [6.07, 6.45) is 4.11. The normalized spacial score (nSPS) is 28.7. The van der Waals surface area contributed by atoms with Gasteiger partial charge in [0, 0.05) is 38.6 Å². The molecule has 0 radical (unpaired) electrons. The number of hydrogen-bond acceptors (Lipinski definition) is 3. The van der Waals surface area contributed by atoms with Crippen LogP contribution in [0.25, 0.3) is 0 Å². The van der Waals surface area contributed by atoms with Crippen molar-refractivity contribution in [2.75, 3.05) is 26.2 Å². The second kappa shape index (κ2) is 5.13. The molecule has 3 heterocycles. The molecule has 112 valence electrons. The van der Waals surface area contributed by atoms with Crippen molar-refractivity contribution in [3.05, 3.63) is 30.1 Å². The largest absolute Gasteiger partial charge is 0.342 e. The van der Waals surface area contributed by atoms with Crippen LogP contribution >= 0.6 is 0 Å². The fourth-order valence-corrected chi connectivity index (χ4v) is 3.66. The standard InChI is InChI=1S/C16H21N3O2/c1-3-18-8-6-16(15(18)21)11-19(10-12(16)2)14(20)13-5-4-7-17-9-13/h4-5,7,9,12H,3,6,8,10-11H2,1-2H3/t12-,16-/m0/s1. The molecule has 5 heteroatoms. The molecular formula is C16H21N3O2. The van der Waals surface area contributed by atoms with Gasteiger partial charge < -0.3 is 9.80 Å². The lowest BCUT2D eigenvalue weighted by Gasteiger charge is -2.26. The minimum atomic E-state index is -0.367. The van der Waals surface area contributed by atoms with Gasteiger partial charge in [-0.25, -0.2) is 0 Å². The van der Waals surface area contributed by atoms with E-state index in [0.29, 0.717) is 18.7 Å². The minimum Gasteiger partial charge on any atom is -0.342 e. The van der Waals surface area contributed by atoms with E-state index in [4.69, 9.17) is 0 Å². The Hall–Kier alpha value is -1.91. The van der Waals surface area contributed by atoms with E-state index < -0.39 is 0 Å². The highest BCUT2D eigenvalue weighted by Crippen LogP contribution is 2.44. The van der Waals surface area contributed by atoms with Crippen molar-refractivity contribution in [2.45, 2.75) is 20.3 Å². The van der Waals surface area contributed by atoms with Crippen molar-refractivity contribution >= 4 is 11.8 Å². The van der Waals surface area contributed by atoms with Crippen molar-refractivity contribution in [1.82, 2.24) is 14.8 Å². The number of likely N-dealkylation sites (tertiary alicyclic amines) is 2. The Bertz CT molecular complexity index is 560. The summed E-state index contributed by atoms with van der Waals surface area (Å²) in [4.78, 5) is 32.9. The monoisotopic (exact) mass is 287 g/mol. The quantitative estimate of drug-likeness (QED) is 0.826. The van der Waals surface area contributed by atoms with Crippen molar-refractivity contribution < 1.29 is 9.59 Å². The van der Waals surface area contributed by atoms with Gasteiger partial charge in [0.25, 0.3) is 5.91 Å². The number of hydrogen-bond donors (Lipinski definition) is 0. The van der Waals surface area contributed by atoms with Crippen LogP contribution < -0.4 is 0 Å². The molecule has 0 bridgehead atoms. The molecule has 1 aromatic rings. The lowest BCUT2D eigenvalue weighted by atomic mass is 9.78. The van der Waals surface area contributed by atoms with Gasteiger partial charge in [0.15, 0.2) is 0 Å². The number of amides is 2. The van der Waals surface area contributed by atoms with E-state index in [2.05, 4.69) is 11.9 Å². The maximum absolute atomic E-state index is 12.7. The van der Waals surface area contributed by atoms with E-state index in [1.54, 1.807) is 24.5 Å². The maximum Gasteiger partial charge on any atom is 0.255 e. The van der Waals surface area contributed by atoms with Gasteiger partial charge in [-0.15, -0.1) is 0 Å². The van der Waals surface area contributed by atoms with E-state index in [1.807, 2.05) is 16.7 Å². The Morgan fingerprint density at radius 1 is 1.52 bits per heavy atom. The van der Waals surface area contributed by atoms with Crippen LogP contribution in [0, 0.1) is 11.3 Å². The zero-order chi connectivity index (χ0) is 15.0. The summed E-state index contributed by atoms with van der Waals surface area (Å²) in [7, 11) is 0. The molecule has 5 nitrogen and oxygen atoms in total. The fraction of sp³-hybridized carbons (Fsp3) is 0.562. The molecule has 2 fully saturated rings. The molecule has 2 saturated heterocycles. The Labute approximate surface area is 124 Å². The van der Waals surface area contributed by atoms with Crippen LogP contribution in [-0.2, 0) is 4.79 Å². The SMILES string of the molecule is CCN1CC[C@@]2(CN(C(=O)c3cccnc3)C[C@@H]2C)C1=O. The molecule has 1 aromatic heterocycles. The Morgan fingerprint density at radius 3 is 2.95 bits per heavy atom. The van der Waals surface area contributed by atoms with Crippen molar-refractivity contribution in [3.63, 3.8) is 0 Å². The van der Waals surface area contributed by atoms with E-state index in [0.717, 1.165) is 19.5 Å². The van der Waals surface area contributed by atoms with Gasteiger partial charge in [-0.2, -0.15) is 0 Å². The number of nitrogens with zero attached hydrogens (tertiary/aromatic N) is 3. The van der Waals surface area contributed by atoms with Gasteiger partial charge in [0.1, 0.15) is 0 Å². The third-order valence-corrected chi connectivity index (χ3v) is 5.03. The smallest absolute Gasteiger partial charge is 0.255 e. The van der Waals surface area contributed by atoms with Crippen LogP contribution in [-0.4, -0.2) is 52.8 Å². The summed E-state index contributed by atoms with van der Waals surface area (Å²) >= 11 is 0. The molecule has 2 aliphatic heterocycles. The van der Waals surface area contributed by atoms with Gasteiger partial charge >= 0.3 is 0 Å². The molecule has 1 spiro atoms. The highest BCUT2D eigenvalue weighted by Gasteiger charge is 2.55. The second-order valence-electron chi connectivity index (χ2n) is 6.12. The first-order valence-electron chi connectivity index (χ1n) is 7.57. The molecule has 0 saturated carbocycles. The maximum atomic E-state index is 12.7. The van der Waals surface area contributed by atoms with Crippen LogP contribution in [0.15, 0.2) is 24.5 Å². The predicted molar refractivity (Wildman–Crippen MR) is 78.6 cm³/mol. The van der Waals surface area contributed by atoms with Crippen LogP contribution in [0.4, 0.5) is 0 Å². The molecule has 0 aromatic carbocycles. The lowest BCUT2D eigenvalue weighted by molar-refractivity contribution is -0.136. The Morgan fingerprint density at radius 2 is 2.33 bits per heavy atom. The average Bonchev–Trinajstić information content (AvgIpc) is 3.02.